The van der Waals surface area contributed by atoms with Crippen molar-refractivity contribution in [2.45, 2.75) is 17.9 Å². The van der Waals surface area contributed by atoms with E-state index in [2.05, 4.69) is 5.32 Å². The molecular weight excluding hydrogens is 435 g/mol. The van der Waals surface area contributed by atoms with Gasteiger partial charge >= 0.3 is 0 Å². The third kappa shape index (κ3) is 6.05. The zero-order valence-electron chi connectivity index (χ0n) is 17.3. The van der Waals surface area contributed by atoms with Gasteiger partial charge in [0.05, 0.1) is 17.1 Å². The number of nitrogens with one attached hydrogen (secondary N) is 1. The van der Waals surface area contributed by atoms with Crippen LogP contribution in [0.1, 0.15) is 6.92 Å². The second kappa shape index (κ2) is 10.3. The van der Waals surface area contributed by atoms with Crippen LogP contribution in [-0.2, 0) is 14.8 Å². The number of carbonyl (C=O) groups excluding carboxylic acids is 1. The van der Waals surface area contributed by atoms with E-state index in [9.17, 15) is 22.7 Å². The maximum absolute atomic E-state index is 13.3. The van der Waals surface area contributed by atoms with E-state index in [1.165, 1.54) is 19.1 Å². The molecule has 3 aromatic rings. The summed E-state index contributed by atoms with van der Waals surface area (Å²) in [5.41, 5.74) is 0.960. The highest BCUT2D eigenvalue weighted by molar-refractivity contribution is 7.92. The number of hydrogen-bond acceptors (Lipinski definition) is 5. The average molecular weight is 459 g/mol. The fourth-order valence-corrected chi connectivity index (χ4v) is 4.45. The van der Waals surface area contributed by atoms with Gasteiger partial charge in [-0.05, 0) is 60.7 Å². The number of hydrogen-bond donors (Lipinski definition) is 2. The molecule has 3 rings (SSSR count). The molecule has 0 saturated heterocycles. The number of amides is 1. The van der Waals surface area contributed by atoms with Crippen molar-refractivity contribution in [2.75, 3.05) is 22.8 Å². The first-order valence-corrected chi connectivity index (χ1v) is 11.2. The van der Waals surface area contributed by atoms with Crippen LogP contribution in [0.3, 0.4) is 0 Å². The number of rotatable bonds is 9. The molecular formula is C23H23FN2O5S. The zero-order valence-corrected chi connectivity index (χ0v) is 18.1. The number of aliphatic hydroxyl groups is 1. The Balaban J connectivity index is 1.73. The molecule has 0 aliphatic carbocycles. The highest BCUT2D eigenvalue weighted by Crippen LogP contribution is 2.24. The molecule has 0 fully saturated rings. The quantitative estimate of drug-likeness (QED) is 0.512. The Morgan fingerprint density at radius 1 is 1.03 bits per heavy atom. The van der Waals surface area contributed by atoms with Crippen molar-refractivity contribution in [1.82, 2.24) is 0 Å². The van der Waals surface area contributed by atoms with Crippen molar-refractivity contribution in [3.05, 3.63) is 84.7 Å². The van der Waals surface area contributed by atoms with Crippen LogP contribution in [0.2, 0.25) is 0 Å². The second-order valence-electron chi connectivity index (χ2n) is 7.00. The minimum absolute atomic E-state index is 0.0931. The molecule has 0 spiro atoms. The fraction of sp³-hybridized carbons (Fsp3) is 0.174. The molecule has 1 unspecified atom stereocenters. The predicted octanol–water partition coefficient (Wildman–Crippen LogP) is 3.42. The first-order valence-electron chi connectivity index (χ1n) is 9.77. The molecule has 0 radical (unpaired) electrons. The van der Waals surface area contributed by atoms with E-state index in [0.29, 0.717) is 17.1 Å². The molecule has 2 N–H and O–H groups in total. The summed E-state index contributed by atoms with van der Waals surface area (Å²) in [6.45, 7) is 0.967. The number of para-hydroxylation sites is 1. The van der Waals surface area contributed by atoms with Crippen molar-refractivity contribution in [3.8, 4) is 5.75 Å². The van der Waals surface area contributed by atoms with Gasteiger partial charge in [-0.1, -0.05) is 18.2 Å². The van der Waals surface area contributed by atoms with Gasteiger partial charge in [0.25, 0.3) is 10.0 Å². The van der Waals surface area contributed by atoms with Gasteiger partial charge in [-0.2, -0.15) is 0 Å². The molecule has 1 amide bonds. The fourth-order valence-electron chi connectivity index (χ4n) is 2.94. The average Bonchev–Trinajstić information content (AvgIpc) is 2.77. The summed E-state index contributed by atoms with van der Waals surface area (Å²) in [6, 6.07) is 19.4. The van der Waals surface area contributed by atoms with Crippen LogP contribution >= 0.6 is 0 Å². The molecule has 0 aromatic heterocycles. The van der Waals surface area contributed by atoms with Gasteiger partial charge in [-0.15, -0.1) is 0 Å². The first kappa shape index (κ1) is 23.2. The highest BCUT2D eigenvalue weighted by atomic mass is 32.2. The van der Waals surface area contributed by atoms with Crippen molar-refractivity contribution in [1.29, 1.82) is 0 Å². The Kier molecular flexibility index (Phi) is 7.45. The van der Waals surface area contributed by atoms with Gasteiger partial charge in [-0.25, -0.2) is 12.8 Å². The molecule has 0 heterocycles. The monoisotopic (exact) mass is 458 g/mol. The Hall–Kier alpha value is -3.43. The van der Waals surface area contributed by atoms with Crippen LogP contribution in [0.4, 0.5) is 15.8 Å². The number of nitrogens with zero attached hydrogens (tertiary/aromatic N) is 1. The maximum atomic E-state index is 13.3. The Morgan fingerprint density at radius 3 is 2.25 bits per heavy atom. The van der Waals surface area contributed by atoms with Crippen molar-refractivity contribution in [3.63, 3.8) is 0 Å². The lowest BCUT2D eigenvalue weighted by atomic mass is 10.3. The summed E-state index contributed by atoms with van der Waals surface area (Å²) < 4.78 is 46.3. The smallest absolute Gasteiger partial charge is 0.264 e. The van der Waals surface area contributed by atoms with E-state index in [1.54, 1.807) is 54.6 Å². The minimum Gasteiger partial charge on any atom is -0.491 e. The van der Waals surface area contributed by atoms with Gasteiger partial charge in [0.1, 0.15) is 24.3 Å². The normalized spacial score (nSPS) is 12.1. The number of sulfonamides is 1. The largest absolute Gasteiger partial charge is 0.491 e. The van der Waals surface area contributed by atoms with Gasteiger partial charge in [0, 0.05) is 12.6 Å². The van der Waals surface area contributed by atoms with Crippen LogP contribution in [0.25, 0.3) is 0 Å². The topological polar surface area (TPSA) is 95.9 Å². The van der Waals surface area contributed by atoms with Crippen molar-refractivity contribution < 1.29 is 27.4 Å². The number of carbonyl (C=O) groups is 1. The summed E-state index contributed by atoms with van der Waals surface area (Å²) >= 11 is 0. The maximum Gasteiger partial charge on any atom is 0.264 e. The summed E-state index contributed by atoms with van der Waals surface area (Å²) in [7, 11) is -4.06. The minimum atomic E-state index is -4.06. The van der Waals surface area contributed by atoms with E-state index in [4.69, 9.17) is 4.74 Å². The third-order valence-electron chi connectivity index (χ3n) is 4.44. The standard InChI is InChI=1S/C23H23FN2O5S/c1-17(27)25-19-9-11-22(12-10-19)31-16-21(28)15-26(20-5-3-2-4-6-20)32(29,30)23-13-7-18(24)8-14-23/h2-14,21,28H,15-16H2,1H3,(H,25,27). The number of benzene rings is 3. The Morgan fingerprint density at radius 2 is 1.66 bits per heavy atom. The van der Waals surface area contributed by atoms with Gasteiger partial charge in [0.15, 0.2) is 0 Å². The first-order chi connectivity index (χ1) is 15.3. The lowest BCUT2D eigenvalue weighted by Crippen LogP contribution is -2.39. The van der Waals surface area contributed by atoms with E-state index in [-0.39, 0.29) is 24.0 Å². The SMILES string of the molecule is CC(=O)Nc1ccc(OCC(O)CN(c2ccccc2)S(=O)(=O)c2ccc(F)cc2)cc1. The van der Waals surface area contributed by atoms with E-state index >= 15 is 0 Å². The predicted molar refractivity (Wildman–Crippen MR) is 120 cm³/mol. The number of halogens is 1. The van der Waals surface area contributed by atoms with E-state index in [1.807, 2.05) is 0 Å². The van der Waals surface area contributed by atoms with Crippen LogP contribution < -0.4 is 14.4 Å². The molecule has 0 aliphatic rings. The van der Waals surface area contributed by atoms with Gasteiger partial charge < -0.3 is 15.2 Å². The second-order valence-corrected chi connectivity index (χ2v) is 8.86. The molecule has 1 atom stereocenters. The molecule has 3 aromatic carbocycles. The number of anilines is 2. The van der Waals surface area contributed by atoms with Crippen LogP contribution in [0.5, 0.6) is 5.75 Å². The Bertz CT molecular complexity index is 1140. The van der Waals surface area contributed by atoms with E-state index in [0.717, 1.165) is 16.4 Å². The zero-order chi connectivity index (χ0) is 23.1. The van der Waals surface area contributed by atoms with Crippen molar-refractivity contribution in [2.24, 2.45) is 0 Å². The number of ether oxygens (including phenoxy) is 1. The molecule has 168 valence electrons. The summed E-state index contributed by atoms with van der Waals surface area (Å²) in [5, 5.41) is 13.2. The number of aliphatic hydroxyl groups excluding tert-OH is 1. The molecule has 7 nitrogen and oxygen atoms in total. The van der Waals surface area contributed by atoms with Gasteiger partial charge in [-0.3, -0.25) is 9.10 Å². The van der Waals surface area contributed by atoms with Crippen LogP contribution in [0, 0.1) is 5.82 Å². The Labute approximate surface area is 186 Å². The van der Waals surface area contributed by atoms with Crippen LogP contribution in [0.15, 0.2) is 83.8 Å². The third-order valence-corrected chi connectivity index (χ3v) is 6.25. The molecule has 9 heteroatoms. The molecule has 0 saturated carbocycles. The summed E-state index contributed by atoms with van der Waals surface area (Å²) in [6.07, 6.45) is -1.15. The lowest BCUT2D eigenvalue weighted by molar-refractivity contribution is -0.114. The van der Waals surface area contributed by atoms with Crippen molar-refractivity contribution >= 4 is 27.3 Å². The van der Waals surface area contributed by atoms with E-state index < -0.39 is 21.9 Å². The summed E-state index contributed by atoms with van der Waals surface area (Å²) in [4.78, 5) is 11.0. The van der Waals surface area contributed by atoms with Gasteiger partial charge in [0.2, 0.25) is 5.91 Å². The highest BCUT2D eigenvalue weighted by Gasteiger charge is 2.27. The molecule has 32 heavy (non-hydrogen) atoms. The lowest BCUT2D eigenvalue weighted by Gasteiger charge is -2.27. The molecule has 0 aliphatic heterocycles. The van der Waals surface area contributed by atoms with Crippen LogP contribution in [-0.4, -0.2) is 38.7 Å². The molecule has 0 bridgehead atoms. The summed E-state index contributed by atoms with van der Waals surface area (Å²) in [5.74, 6) is -0.295.